The maximum Gasteiger partial charge on any atom is 0.328 e. The van der Waals surface area contributed by atoms with Crippen molar-refractivity contribution in [3.8, 4) is 0 Å². The molecule has 9 N–H and O–H groups in total. The Morgan fingerprint density at radius 2 is 1.36 bits per heavy atom. The predicted molar refractivity (Wildman–Crippen MR) is 288 cm³/mol. The van der Waals surface area contributed by atoms with Crippen LogP contribution in [0.4, 0.5) is 4.79 Å². The van der Waals surface area contributed by atoms with Gasteiger partial charge in [0.05, 0.1) is 49.8 Å². The van der Waals surface area contributed by atoms with E-state index in [1.807, 2.05) is 44.2 Å². The fourth-order valence-electron chi connectivity index (χ4n) is 9.87. The predicted octanol–water partition coefficient (Wildman–Crippen LogP) is 1.85. The van der Waals surface area contributed by atoms with Gasteiger partial charge in [0.2, 0.25) is 41.4 Å². The highest BCUT2D eigenvalue weighted by Crippen LogP contribution is 2.30. The van der Waals surface area contributed by atoms with Gasteiger partial charge >= 0.3 is 12.0 Å². The molecule has 1 aliphatic rings. The summed E-state index contributed by atoms with van der Waals surface area (Å²) in [7, 11) is 7.29. The number of hydrogen-bond acceptors (Lipinski definition) is 13. The number of likely N-dealkylation sites (N-methyl/N-ethyl adjacent to an activating group) is 2. The van der Waals surface area contributed by atoms with E-state index < -0.39 is 126 Å². The van der Waals surface area contributed by atoms with Crippen LogP contribution in [0.2, 0.25) is 0 Å². The molecule has 1 aromatic carbocycles. The molecule has 12 atom stereocenters. The van der Waals surface area contributed by atoms with E-state index in [2.05, 4.69) is 26.6 Å². The molecule has 22 nitrogen and oxygen atoms in total. The van der Waals surface area contributed by atoms with E-state index in [-0.39, 0.29) is 50.0 Å². The van der Waals surface area contributed by atoms with Crippen molar-refractivity contribution < 1.29 is 57.4 Å². The number of benzene rings is 1. The van der Waals surface area contributed by atoms with Crippen LogP contribution in [0.3, 0.4) is 0 Å². The molecule has 0 radical (unpaired) electrons. The summed E-state index contributed by atoms with van der Waals surface area (Å²) in [6.45, 7) is 18.2. The Morgan fingerprint density at radius 1 is 0.737 bits per heavy atom. The Labute approximate surface area is 450 Å². The number of ether oxygens (including phenoxy) is 3. The largest absolute Gasteiger partial charge is 0.467 e. The topological polar surface area (TPSA) is 303 Å². The Hall–Kier alpha value is -5.87. The summed E-state index contributed by atoms with van der Waals surface area (Å²) < 4.78 is 17.0. The second kappa shape index (κ2) is 32.0. The molecule has 0 aliphatic carbocycles. The molecule has 430 valence electrons. The number of likely N-dealkylation sites (tertiary alicyclic amines) is 1. The lowest BCUT2D eigenvalue weighted by molar-refractivity contribution is -0.149. The zero-order valence-corrected chi connectivity index (χ0v) is 47.8. The number of esters is 1. The maximum atomic E-state index is 14.8. The van der Waals surface area contributed by atoms with Crippen molar-refractivity contribution in [2.24, 2.45) is 41.1 Å². The Balaban J connectivity index is 2.31. The minimum atomic E-state index is -1.16. The van der Waals surface area contributed by atoms with E-state index in [9.17, 15) is 43.2 Å². The summed E-state index contributed by atoms with van der Waals surface area (Å²) in [4.78, 5) is 126. The second-order valence-corrected chi connectivity index (χ2v) is 21.2. The lowest BCUT2D eigenvalue weighted by Gasteiger charge is -2.41. The number of primary amides is 1. The molecular formula is C54H92N10O12. The first kappa shape index (κ1) is 66.2. The first-order chi connectivity index (χ1) is 35.7. The SMILES string of the molecule is CC[C@H](C)[C@@H]([C@@H](CC(=O)N1CCC[C@H]1[C@H](OC)[C@@H](C)C(=O)N[C@@H](Cc1ccccc1)C(=O)OC)OC)N(C)C(=O)[C@@H](NC(=O)[C@H](C(C)C)N(C)C(=O)[C@@H](C)NC(=O)C(CCCNC(N)=O)NC(=O)[C@@H](N)C(C)C)C(C)C. The minimum absolute atomic E-state index is 0.0851. The van der Waals surface area contributed by atoms with Gasteiger partial charge in [-0.25, -0.2) is 9.59 Å². The zero-order valence-electron chi connectivity index (χ0n) is 47.8. The number of methoxy groups -OCH3 is 3. The minimum Gasteiger partial charge on any atom is -0.467 e. The molecular weight excluding hydrogens is 981 g/mol. The van der Waals surface area contributed by atoms with Crippen molar-refractivity contribution in [3.05, 3.63) is 35.9 Å². The summed E-state index contributed by atoms with van der Waals surface area (Å²) >= 11 is 0. The van der Waals surface area contributed by atoms with Crippen LogP contribution in [0.25, 0.3) is 0 Å². The molecule has 0 aromatic heterocycles. The molecule has 76 heavy (non-hydrogen) atoms. The van der Waals surface area contributed by atoms with Gasteiger partial charge in [-0.3, -0.25) is 33.6 Å². The van der Waals surface area contributed by atoms with Crippen molar-refractivity contribution in [3.63, 3.8) is 0 Å². The number of nitrogens with zero attached hydrogens (tertiary/aromatic N) is 3. The highest BCUT2D eigenvalue weighted by atomic mass is 16.5. The van der Waals surface area contributed by atoms with Gasteiger partial charge in [-0.1, -0.05) is 99.1 Å². The first-order valence-corrected chi connectivity index (χ1v) is 26.7. The third-order valence-electron chi connectivity index (χ3n) is 14.6. The maximum absolute atomic E-state index is 14.8. The van der Waals surface area contributed by atoms with Crippen molar-refractivity contribution in [1.82, 2.24) is 41.3 Å². The number of amides is 9. The van der Waals surface area contributed by atoms with Gasteiger partial charge in [0, 0.05) is 47.8 Å². The van der Waals surface area contributed by atoms with E-state index >= 15 is 0 Å². The summed E-state index contributed by atoms with van der Waals surface area (Å²) in [5, 5.41) is 13.5. The second-order valence-electron chi connectivity index (χ2n) is 21.2. The lowest BCUT2D eigenvalue weighted by Crippen LogP contribution is -2.61. The number of hydrogen-bond donors (Lipinski definition) is 7. The van der Waals surface area contributed by atoms with Crippen LogP contribution >= 0.6 is 0 Å². The van der Waals surface area contributed by atoms with Crippen LogP contribution in [0.5, 0.6) is 0 Å². The number of nitrogens with two attached hydrogens (primary N) is 2. The molecule has 1 heterocycles. The quantitative estimate of drug-likeness (QED) is 0.0413. The third kappa shape index (κ3) is 19.0. The van der Waals surface area contributed by atoms with Crippen LogP contribution < -0.4 is 38.1 Å². The molecule has 22 heteroatoms. The molecule has 0 saturated carbocycles. The first-order valence-electron chi connectivity index (χ1n) is 26.7. The van der Waals surface area contributed by atoms with Gasteiger partial charge in [0.25, 0.3) is 0 Å². The summed E-state index contributed by atoms with van der Waals surface area (Å²) in [5.41, 5.74) is 12.1. The summed E-state index contributed by atoms with van der Waals surface area (Å²) in [6, 6.07) is 1.08. The number of rotatable bonds is 31. The molecule has 0 bridgehead atoms. The molecule has 1 aromatic rings. The Morgan fingerprint density at radius 3 is 1.88 bits per heavy atom. The molecule has 2 rings (SSSR count). The van der Waals surface area contributed by atoms with Crippen LogP contribution in [0, 0.1) is 29.6 Å². The van der Waals surface area contributed by atoms with Crippen molar-refractivity contribution >= 4 is 53.4 Å². The molecule has 1 fully saturated rings. The molecule has 0 spiro atoms. The number of carbonyl (C=O) groups is 9. The van der Waals surface area contributed by atoms with Crippen molar-refractivity contribution in [2.75, 3.05) is 48.5 Å². The fraction of sp³-hybridized carbons (Fsp3) is 0.722. The van der Waals surface area contributed by atoms with Crippen LogP contribution in [-0.4, -0.2) is 177 Å². The van der Waals surface area contributed by atoms with Crippen LogP contribution in [0.15, 0.2) is 30.3 Å². The summed E-state index contributed by atoms with van der Waals surface area (Å²) in [5.74, 6) is -6.27. The van der Waals surface area contributed by atoms with Crippen LogP contribution in [0.1, 0.15) is 113 Å². The van der Waals surface area contributed by atoms with Gasteiger partial charge in [-0.2, -0.15) is 0 Å². The van der Waals surface area contributed by atoms with Crippen LogP contribution in [-0.2, 0) is 59.0 Å². The monoisotopic (exact) mass is 1070 g/mol. The van der Waals surface area contributed by atoms with E-state index in [0.29, 0.717) is 25.8 Å². The zero-order chi connectivity index (χ0) is 57.7. The number of urea groups is 1. The van der Waals surface area contributed by atoms with Crippen molar-refractivity contribution in [1.29, 1.82) is 0 Å². The number of nitrogens with one attached hydrogen (secondary N) is 5. The van der Waals surface area contributed by atoms with Gasteiger partial charge in [0.1, 0.15) is 30.2 Å². The molecule has 1 unspecified atom stereocenters. The average Bonchev–Trinajstić information content (AvgIpc) is 3.87. The molecule has 1 saturated heterocycles. The van der Waals surface area contributed by atoms with Gasteiger partial charge in [-0.15, -0.1) is 0 Å². The number of carbonyl (C=O) groups excluding carboxylic acids is 9. The van der Waals surface area contributed by atoms with Gasteiger partial charge < -0.3 is 67.0 Å². The summed E-state index contributed by atoms with van der Waals surface area (Å²) in [6.07, 6.45) is 0.760. The highest BCUT2D eigenvalue weighted by molar-refractivity contribution is 5.96. The van der Waals surface area contributed by atoms with Crippen molar-refractivity contribution in [2.45, 2.75) is 175 Å². The van der Waals surface area contributed by atoms with E-state index in [0.717, 1.165) is 5.56 Å². The average molecular weight is 1070 g/mol. The highest BCUT2D eigenvalue weighted by Gasteiger charge is 2.44. The van der Waals surface area contributed by atoms with Gasteiger partial charge in [-0.05, 0) is 61.8 Å². The van der Waals surface area contributed by atoms with Gasteiger partial charge in [0.15, 0.2) is 0 Å². The Kier molecular flexibility index (Phi) is 27.9. The van der Waals surface area contributed by atoms with E-state index in [4.69, 9.17) is 25.7 Å². The normalized spacial score (nSPS) is 17.9. The molecule has 1 aliphatic heterocycles. The third-order valence-corrected chi connectivity index (χ3v) is 14.6. The molecule has 9 amide bonds. The smallest absolute Gasteiger partial charge is 0.328 e. The fourth-order valence-corrected chi connectivity index (χ4v) is 9.87. The lowest BCUT2D eigenvalue weighted by atomic mass is 9.89. The van der Waals surface area contributed by atoms with E-state index in [1.54, 1.807) is 60.4 Å². The Bertz CT molecular complexity index is 2080. The van der Waals surface area contributed by atoms with E-state index in [1.165, 1.54) is 45.1 Å². The standard InChI is InChI=1S/C54H92N10O12/c1-16-33(8)45(40(74-13)29-41(65)64-27-21-25-39(64)46(75-14)34(9)47(66)60-38(53(72)76-15)28-36-22-18-17-19-23-36)63(12)52(71)43(31(4)5)61-50(69)44(32(6)7)62(11)51(70)35(10)58-48(67)37(24-20-26-57-54(56)73)59-49(68)42(55)30(2)3/h17-19,22-23,30-35,37-40,42-46H,16,20-21,24-29,55H2,1-15H3,(H,58,67)(H,59,68)(H,60,66)(H,61,69)(H3,56,57,73)/t33-,34+,35+,37?,38-,39-,40+,42-,43-,44-,45-,46+/m0/s1.